The predicted molar refractivity (Wildman–Crippen MR) is 138 cm³/mol. The van der Waals surface area contributed by atoms with Crippen LogP contribution < -0.4 is 25.6 Å². The van der Waals surface area contributed by atoms with Gasteiger partial charge in [0.05, 0.1) is 12.8 Å². The Bertz CT molecular complexity index is 881. The van der Waals surface area contributed by atoms with E-state index in [-0.39, 0.29) is 42.5 Å². The number of hydrogen-bond acceptors (Lipinski definition) is 4. The minimum absolute atomic E-state index is 0. The van der Waals surface area contributed by atoms with Crippen molar-refractivity contribution in [2.24, 2.45) is 4.99 Å². The second kappa shape index (κ2) is 12.6. The van der Waals surface area contributed by atoms with Gasteiger partial charge in [-0.2, -0.15) is 0 Å². The van der Waals surface area contributed by atoms with E-state index in [2.05, 4.69) is 25.8 Å². The molecule has 3 rings (SSSR count). The van der Waals surface area contributed by atoms with Crippen LogP contribution in [0.1, 0.15) is 13.3 Å². The van der Waals surface area contributed by atoms with Crippen molar-refractivity contribution < 1.29 is 9.53 Å². The number of anilines is 2. The first kappa shape index (κ1) is 25.1. The van der Waals surface area contributed by atoms with Crippen molar-refractivity contribution in [2.75, 3.05) is 43.5 Å². The maximum absolute atomic E-state index is 12.2. The molecular weight excluding hydrogens is 529 g/mol. The molecule has 1 aliphatic rings. The summed E-state index contributed by atoms with van der Waals surface area (Å²) >= 11 is 6.18. The third-order valence-electron chi connectivity index (χ3n) is 4.79. The van der Waals surface area contributed by atoms with Gasteiger partial charge in [-0.25, -0.2) is 4.99 Å². The first-order valence-electron chi connectivity index (χ1n) is 10.1. The molecule has 0 radical (unpaired) electrons. The number of aliphatic imine (C=N–C) groups is 1. The Morgan fingerprint density at radius 2 is 2.03 bits per heavy atom. The van der Waals surface area contributed by atoms with Gasteiger partial charge < -0.3 is 25.6 Å². The Hall–Kier alpha value is -2.20. The number of ether oxygens (including phenoxy) is 1. The molecule has 1 saturated heterocycles. The maximum atomic E-state index is 12.2. The number of halogens is 2. The summed E-state index contributed by atoms with van der Waals surface area (Å²) in [6.45, 7) is 4.42. The van der Waals surface area contributed by atoms with Crippen LogP contribution in [0.4, 0.5) is 11.4 Å². The number of nitrogens with zero attached hydrogens (tertiary/aromatic N) is 2. The minimum Gasteiger partial charge on any atom is -0.495 e. The van der Waals surface area contributed by atoms with E-state index in [0.717, 1.165) is 36.6 Å². The number of nitrogens with one attached hydrogen (secondary N) is 3. The van der Waals surface area contributed by atoms with Gasteiger partial charge >= 0.3 is 0 Å². The van der Waals surface area contributed by atoms with Gasteiger partial charge in [0, 0.05) is 36.4 Å². The lowest BCUT2D eigenvalue weighted by Gasteiger charge is -2.22. The molecule has 7 nitrogen and oxygen atoms in total. The summed E-state index contributed by atoms with van der Waals surface area (Å²) in [7, 11) is 1.66. The topological polar surface area (TPSA) is 78.0 Å². The van der Waals surface area contributed by atoms with E-state index in [1.165, 1.54) is 0 Å². The summed E-state index contributed by atoms with van der Waals surface area (Å²) in [5.74, 6) is 1.28. The lowest BCUT2D eigenvalue weighted by Crippen LogP contribution is -2.45. The van der Waals surface area contributed by atoms with E-state index in [0.29, 0.717) is 17.5 Å². The normalized spacial score (nSPS) is 15.8. The van der Waals surface area contributed by atoms with Gasteiger partial charge in [0.15, 0.2) is 5.96 Å². The third kappa shape index (κ3) is 7.46. The third-order valence-corrected chi connectivity index (χ3v) is 5.03. The highest BCUT2D eigenvalue weighted by atomic mass is 127. The molecular formula is C22H29ClIN5O2. The average Bonchev–Trinajstić information content (AvgIpc) is 3.21. The van der Waals surface area contributed by atoms with Crippen molar-refractivity contribution in [3.8, 4) is 5.75 Å². The fourth-order valence-corrected chi connectivity index (χ4v) is 3.56. The summed E-state index contributed by atoms with van der Waals surface area (Å²) in [5, 5.41) is 10.2. The average molecular weight is 558 g/mol. The van der Waals surface area contributed by atoms with Crippen LogP contribution in [0.3, 0.4) is 0 Å². The van der Waals surface area contributed by atoms with Crippen LogP contribution in [0.15, 0.2) is 53.5 Å². The molecule has 0 spiro atoms. The van der Waals surface area contributed by atoms with Gasteiger partial charge in [-0.05, 0) is 43.7 Å². The molecule has 2 aromatic rings. The van der Waals surface area contributed by atoms with Crippen molar-refractivity contribution in [1.82, 2.24) is 10.6 Å². The number of amides is 1. The smallest absolute Gasteiger partial charge is 0.246 e. The lowest BCUT2D eigenvalue weighted by molar-refractivity contribution is -0.114. The first-order valence-corrected chi connectivity index (χ1v) is 10.4. The largest absolute Gasteiger partial charge is 0.495 e. The fraction of sp³-hybridized carbons (Fsp3) is 0.364. The number of hydrogen-bond donors (Lipinski definition) is 3. The summed E-state index contributed by atoms with van der Waals surface area (Å²) in [5.41, 5.74) is 1.75. The molecule has 1 unspecified atom stereocenters. The molecule has 1 amide bonds. The molecule has 0 bridgehead atoms. The number of para-hydroxylation sites is 1. The molecule has 1 atom stereocenters. The van der Waals surface area contributed by atoms with Gasteiger partial charge in [0.25, 0.3) is 0 Å². The first-order chi connectivity index (χ1) is 14.6. The molecule has 0 saturated carbocycles. The van der Waals surface area contributed by atoms with Crippen LogP contribution in [0.2, 0.25) is 5.02 Å². The zero-order valence-corrected chi connectivity index (χ0v) is 20.8. The molecule has 2 aromatic carbocycles. The maximum Gasteiger partial charge on any atom is 0.246 e. The van der Waals surface area contributed by atoms with E-state index in [1.807, 2.05) is 55.5 Å². The zero-order chi connectivity index (χ0) is 21.3. The second-order valence-electron chi connectivity index (χ2n) is 7.00. The van der Waals surface area contributed by atoms with Gasteiger partial charge in [0.1, 0.15) is 12.3 Å². The highest BCUT2D eigenvalue weighted by Crippen LogP contribution is 2.33. The summed E-state index contributed by atoms with van der Waals surface area (Å²) in [4.78, 5) is 18.9. The van der Waals surface area contributed by atoms with Crippen molar-refractivity contribution in [2.45, 2.75) is 19.4 Å². The molecule has 1 fully saturated rings. The monoisotopic (exact) mass is 557 g/mol. The molecule has 3 N–H and O–H groups in total. The Morgan fingerprint density at radius 3 is 2.74 bits per heavy atom. The Balaban J connectivity index is 0.00000341. The van der Waals surface area contributed by atoms with Crippen LogP contribution in [0, 0.1) is 0 Å². The van der Waals surface area contributed by atoms with Crippen LogP contribution in [0.5, 0.6) is 5.75 Å². The zero-order valence-electron chi connectivity index (χ0n) is 17.7. The van der Waals surface area contributed by atoms with E-state index < -0.39 is 0 Å². The highest BCUT2D eigenvalue weighted by molar-refractivity contribution is 14.0. The van der Waals surface area contributed by atoms with Crippen molar-refractivity contribution >= 4 is 58.8 Å². The number of carbonyl (C=O) groups is 1. The van der Waals surface area contributed by atoms with Gasteiger partial charge in [0.2, 0.25) is 5.91 Å². The minimum atomic E-state index is -0.157. The molecule has 0 aliphatic carbocycles. The predicted octanol–water partition coefficient (Wildman–Crippen LogP) is 3.74. The van der Waals surface area contributed by atoms with Crippen LogP contribution in [0.25, 0.3) is 0 Å². The number of guanidine groups is 1. The Kier molecular flexibility index (Phi) is 10.2. The van der Waals surface area contributed by atoms with Crippen LogP contribution in [-0.2, 0) is 4.79 Å². The fourth-order valence-electron chi connectivity index (χ4n) is 3.39. The van der Waals surface area contributed by atoms with Crippen molar-refractivity contribution in [1.29, 1.82) is 0 Å². The summed E-state index contributed by atoms with van der Waals surface area (Å²) < 4.78 is 5.48. The second-order valence-corrected chi connectivity index (χ2v) is 7.44. The molecule has 9 heteroatoms. The number of benzene rings is 2. The Morgan fingerprint density at radius 1 is 1.26 bits per heavy atom. The standard InChI is InChI=1S/C22H28ClN5O2.HI/c1-3-24-22(25-14-21(29)26-17-7-5-4-6-8-17)27-18-11-12-28(15-18)19-13-16(23)9-10-20(19)30-2;/h4-10,13,18H,3,11-12,14-15H2,1-2H3,(H,26,29)(H2,24,25,27);1H. The quantitative estimate of drug-likeness (QED) is 0.275. The number of carbonyl (C=O) groups excluding carboxylic acids is 1. The van der Waals surface area contributed by atoms with Gasteiger partial charge in [-0.3, -0.25) is 4.79 Å². The van der Waals surface area contributed by atoms with E-state index in [4.69, 9.17) is 16.3 Å². The van der Waals surface area contributed by atoms with E-state index in [9.17, 15) is 4.79 Å². The number of methoxy groups -OCH3 is 1. The Labute approximate surface area is 205 Å². The molecule has 1 aliphatic heterocycles. The molecule has 31 heavy (non-hydrogen) atoms. The molecule has 0 aromatic heterocycles. The lowest BCUT2D eigenvalue weighted by atomic mass is 10.2. The van der Waals surface area contributed by atoms with Crippen molar-refractivity contribution in [3.05, 3.63) is 53.6 Å². The van der Waals surface area contributed by atoms with Gasteiger partial charge in [-0.15, -0.1) is 24.0 Å². The van der Waals surface area contributed by atoms with E-state index in [1.54, 1.807) is 7.11 Å². The summed E-state index contributed by atoms with van der Waals surface area (Å²) in [6.07, 6.45) is 0.941. The summed E-state index contributed by atoms with van der Waals surface area (Å²) in [6, 6.07) is 15.2. The van der Waals surface area contributed by atoms with E-state index >= 15 is 0 Å². The van der Waals surface area contributed by atoms with Gasteiger partial charge in [-0.1, -0.05) is 29.8 Å². The van der Waals surface area contributed by atoms with Crippen LogP contribution in [-0.4, -0.2) is 51.2 Å². The highest BCUT2D eigenvalue weighted by Gasteiger charge is 2.25. The molecule has 1 heterocycles. The van der Waals surface area contributed by atoms with Crippen LogP contribution >= 0.6 is 35.6 Å². The number of rotatable bonds is 7. The molecule has 168 valence electrons. The SMILES string of the molecule is CCNC(=NCC(=O)Nc1ccccc1)NC1CCN(c2cc(Cl)ccc2OC)C1.I. The van der Waals surface area contributed by atoms with Crippen molar-refractivity contribution in [3.63, 3.8) is 0 Å².